The van der Waals surface area contributed by atoms with E-state index in [0.29, 0.717) is 12.4 Å². The Morgan fingerprint density at radius 3 is 2.48 bits per heavy atom. The van der Waals surface area contributed by atoms with E-state index in [1.54, 1.807) is 0 Å². The Morgan fingerprint density at radius 2 is 1.83 bits per heavy atom. The molecule has 3 rings (SSSR count). The number of carbonyl (C=O) groups excluding carboxylic acids is 1. The lowest BCUT2D eigenvalue weighted by Gasteiger charge is -2.07. The Labute approximate surface area is 143 Å². The van der Waals surface area contributed by atoms with Gasteiger partial charge in [0.15, 0.2) is 0 Å². The highest BCUT2D eigenvalue weighted by Crippen LogP contribution is 2.24. The van der Waals surface area contributed by atoms with Crippen molar-refractivity contribution < 1.29 is 4.79 Å². The summed E-state index contributed by atoms with van der Waals surface area (Å²) in [6, 6.07) is 19.9. The summed E-state index contributed by atoms with van der Waals surface area (Å²) < 4.78 is 2.83. The van der Waals surface area contributed by atoms with E-state index in [2.05, 4.69) is 26.3 Å². The summed E-state index contributed by atoms with van der Waals surface area (Å²) in [6.07, 6.45) is 0. The molecule has 0 spiro atoms. The van der Waals surface area contributed by atoms with Crippen LogP contribution >= 0.6 is 15.9 Å². The van der Waals surface area contributed by atoms with Crippen LogP contribution in [-0.4, -0.2) is 15.7 Å². The molecule has 3 aromatic rings. The zero-order valence-electron chi connectivity index (χ0n) is 12.7. The molecular formula is C18H16BrN3O. The third-order valence-corrected chi connectivity index (χ3v) is 3.93. The molecule has 0 unspecified atom stereocenters. The van der Waals surface area contributed by atoms with E-state index < -0.39 is 0 Å². The van der Waals surface area contributed by atoms with Crippen LogP contribution in [0.3, 0.4) is 0 Å². The summed E-state index contributed by atoms with van der Waals surface area (Å²) in [5.41, 5.74) is 2.97. The van der Waals surface area contributed by atoms with Gasteiger partial charge in [-0.3, -0.25) is 4.79 Å². The number of halogens is 1. The van der Waals surface area contributed by atoms with Gasteiger partial charge in [-0.05, 0) is 17.7 Å². The molecule has 0 atom stereocenters. The molecule has 23 heavy (non-hydrogen) atoms. The van der Waals surface area contributed by atoms with Gasteiger partial charge in [0.2, 0.25) is 5.91 Å². The zero-order valence-corrected chi connectivity index (χ0v) is 14.2. The first-order valence-corrected chi connectivity index (χ1v) is 8.06. The number of benzene rings is 2. The summed E-state index contributed by atoms with van der Waals surface area (Å²) >= 11 is 3.43. The largest absolute Gasteiger partial charge is 0.311 e. The van der Waals surface area contributed by atoms with Gasteiger partial charge in [0.05, 0.1) is 12.2 Å². The minimum atomic E-state index is -0.110. The predicted molar refractivity (Wildman–Crippen MR) is 95.2 cm³/mol. The number of carbonyl (C=O) groups is 1. The standard InChI is InChI=1S/C18H16BrN3O/c1-13(23)20-18-11-17(15-7-9-16(19)10-8-15)21-22(18)12-14-5-3-2-4-6-14/h2-11H,12H2,1H3,(H,20,23). The van der Waals surface area contributed by atoms with Gasteiger partial charge in [-0.2, -0.15) is 5.10 Å². The van der Waals surface area contributed by atoms with Crippen molar-refractivity contribution in [2.24, 2.45) is 0 Å². The van der Waals surface area contributed by atoms with Crippen LogP contribution in [0.2, 0.25) is 0 Å². The van der Waals surface area contributed by atoms with Crippen molar-refractivity contribution in [2.45, 2.75) is 13.5 Å². The monoisotopic (exact) mass is 369 g/mol. The molecular weight excluding hydrogens is 354 g/mol. The number of hydrogen-bond acceptors (Lipinski definition) is 2. The van der Waals surface area contributed by atoms with E-state index >= 15 is 0 Å². The average molecular weight is 370 g/mol. The lowest BCUT2D eigenvalue weighted by atomic mass is 10.1. The van der Waals surface area contributed by atoms with Crippen molar-refractivity contribution in [1.29, 1.82) is 0 Å². The van der Waals surface area contributed by atoms with Crippen molar-refractivity contribution in [3.8, 4) is 11.3 Å². The summed E-state index contributed by atoms with van der Waals surface area (Å²) in [7, 11) is 0. The van der Waals surface area contributed by atoms with Gasteiger partial charge in [-0.15, -0.1) is 0 Å². The number of hydrogen-bond donors (Lipinski definition) is 1. The number of nitrogens with one attached hydrogen (secondary N) is 1. The van der Waals surface area contributed by atoms with Crippen molar-refractivity contribution >= 4 is 27.7 Å². The number of amides is 1. The molecule has 4 nitrogen and oxygen atoms in total. The molecule has 1 aromatic heterocycles. The Kier molecular flexibility index (Phi) is 4.57. The van der Waals surface area contributed by atoms with E-state index in [1.807, 2.05) is 65.3 Å². The van der Waals surface area contributed by atoms with Crippen molar-refractivity contribution in [3.05, 3.63) is 70.7 Å². The van der Waals surface area contributed by atoms with Gasteiger partial charge in [-0.1, -0.05) is 58.4 Å². The fourth-order valence-corrected chi connectivity index (χ4v) is 2.60. The van der Waals surface area contributed by atoms with Crippen LogP contribution in [-0.2, 0) is 11.3 Å². The van der Waals surface area contributed by atoms with Crippen LogP contribution in [0.25, 0.3) is 11.3 Å². The van der Waals surface area contributed by atoms with Gasteiger partial charge in [0.25, 0.3) is 0 Å². The first kappa shape index (κ1) is 15.5. The number of nitrogens with zero attached hydrogens (tertiary/aromatic N) is 2. The fraction of sp³-hybridized carbons (Fsp3) is 0.111. The molecule has 0 fully saturated rings. The minimum Gasteiger partial charge on any atom is -0.311 e. The summed E-state index contributed by atoms with van der Waals surface area (Å²) in [4.78, 5) is 11.4. The molecule has 116 valence electrons. The Hall–Kier alpha value is -2.40. The molecule has 0 radical (unpaired) electrons. The second-order valence-corrected chi connectivity index (χ2v) is 6.16. The molecule has 0 aliphatic carbocycles. The summed E-state index contributed by atoms with van der Waals surface area (Å²) in [5, 5.41) is 7.49. The third-order valence-electron chi connectivity index (χ3n) is 3.40. The third kappa shape index (κ3) is 3.87. The molecule has 2 aromatic carbocycles. The second kappa shape index (κ2) is 6.79. The summed E-state index contributed by atoms with van der Waals surface area (Å²) in [5.74, 6) is 0.584. The Balaban J connectivity index is 1.96. The maximum Gasteiger partial charge on any atom is 0.222 e. The maximum absolute atomic E-state index is 11.4. The molecule has 5 heteroatoms. The van der Waals surface area contributed by atoms with Crippen LogP contribution in [0, 0.1) is 0 Å². The Morgan fingerprint density at radius 1 is 1.13 bits per heavy atom. The molecule has 0 bridgehead atoms. The second-order valence-electron chi connectivity index (χ2n) is 5.25. The number of rotatable bonds is 4. The first-order chi connectivity index (χ1) is 11.1. The Bertz CT molecular complexity index is 810. The molecule has 0 saturated heterocycles. The van der Waals surface area contributed by atoms with E-state index in [4.69, 9.17) is 0 Å². The smallest absolute Gasteiger partial charge is 0.222 e. The quantitative estimate of drug-likeness (QED) is 0.744. The summed E-state index contributed by atoms with van der Waals surface area (Å²) in [6.45, 7) is 2.10. The van der Waals surface area contributed by atoms with Gasteiger partial charge in [0, 0.05) is 23.0 Å². The van der Waals surface area contributed by atoms with Crippen molar-refractivity contribution in [2.75, 3.05) is 5.32 Å². The highest BCUT2D eigenvalue weighted by Gasteiger charge is 2.11. The van der Waals surface area contributed by atoms with Crippen LogP contribution < -0.4 is 5.32 Å². The topological polar surface area (TPSA) is 46.9 Å². The van der Waals surface area contributed by atoms with Crippen LogP contribution in [0.15, 0.2) is 65.1 Å². The fourth-order valence-electron chi connectivity index (χ4n) is 2.34. The van der Waals surface area contributed by atoms with Crippen molar-refractivity contribution in [1.82, 2.24) is 9.78 Å². The van der Waals surface area contributed by atoms with E-state index in [1.165, 1.54) is 6.92 Å². The van der Waals surface area contributed by atoms with Gasteiger partial charge < -0.3 is 5.32 Å². The van der Waals surface area contributed by atoms with Crippen molar-refractivity contribution in [3.63, 3.8) is 0 Å². The number of aromatic nitrogens is 2. The van der Waals surface area contributed by atoms with Gasteiger partial charge >= 0.3 is 0 Å². The highest BCUT2D eigenvalue weighted by molar-refractivity contribution is 9.10. The molecule has 0 aliphatic heterocycles. The molecule has 0 saturated carbocycles. The van der Waals surface area contributed by atoms with Crippen LogP contribution in [0.1, 0.15) is 12.5 Å². The van der Waals surface area contributed by atoms with E-state index in [9.17, 15) is 4.79 Å². The van der Waals surface area contributed by atoms with E-state index in [-0.39, 0.29) is 5.91 Å². The molecule has 1 N–H and O–H groups in total. The van der Waals surface area contributed by atoms with E-state index in [0.717, 1.165) is 21.3 Å². The molecule has 1 amide bonds. The van der Waals surface area contributed by atoms with Crippen LogP contribution in [0.4, 0.5) is 5.82 Å². The molecule has 0 aliphatic rings. The van der Waals surface area contributed by atoms with Gasteiger partial charge in [0.1, 0.15) is 5.82 Å². The predicted octanol–water partition coefficient (Wildman–Crippen LogP) is 4.32. The van der Waals surface area contributed by atoms with Crippen LogP contribution in [0.5, 0.6) is 0 Å². The zero-order chi connectivity index (χ0) is 16.2. The number of anilines is 1. The lowest BCUT2D eigenvalue weighted by Crippen LogP contribution is -2.12. The van der Waals surface area contributed by atoms with Gasteiger partial charge in [-0.25, -0.2) is 4.68 Å². The lowest BCUT2D eigenvalue weighted by molar-refractivity contribution is -0.114. The normalized spacial score (nSPS) is 10.5. The minimum absolute atomic E-state index is 0.110. The maximum atomic E-state index is 11.4. The molecule has 1 heterocycles. The average Bonchev–Trinajstić information content (AvgIpc) is 2.91. The first-order valence-electron chi connectivity index (χ1n) is 7.27. The SMILES string of the molecule is CC(=O)Nc1cc(-c2ccc(Br)cc2)nn1Cc1ccccc1. The highest BCUT2D eigenvalue weighted by atomic mass is 79.9.